The first-order valence-electron chi connectivity index (χ1n) is 7.20. The third-order valence-corrected chi connectivity index (χ3v) is 3.64. The summed E-state index contributed by atoms with van der Waals surface area (Å²) in [5.74, 6) is -0.261. The van der Waals surface area contributed by atoms with Crippen LogP contribution in [0.15, 0.2) is 0 Å². The molecule has 0 rings (SSSR count). The first kappa shape index (κ1) is 17.4. The summed E-state index contributed by atoms with van der Waals surface area (Å²) in [5.41, 5.74) is 4.92. The van der Waals surface area contributed by atoms with Gasteiger partial charge < -0.3 is 16.0 Å². The second-order valence-electron chi connectivity index (χ2n) is 5.26. The van der Waals surface area contributed by atoms with Gasteiger partial charge in [0.15, 0.2) is 0 Å². The fraction of sp³-hybridized carbons (Fsp3) is 0.929. The maximum Gasteiger partial charge on any atom is 0.237 e. The molecule has 0 aliphatic rings. The van der Waals surface area contributed by atoms with E-state index in [1.165, 1.54) is 12.8 Å². The molecule has 3 N–H and O–H groups in total. The van der Waals surface area contributed by atoms with E-state index in [-0.39, 0.29) is 5.91 Å². The molecule has 0 fully saturated rings. The van der Waals surface area contributed by atoms with Gasteiger partial charge in [0.25, 0.3) is 0 Å². The van der Waals surface area contributed by atoms with E-state index in [1.54, 1.807) is 0 Å². The van der Waals surface area contributed by atoms with Gasteiger partial charge in [-0.25, -0.2) is 0 Å². The monoisotopic (exact) mass is 257 g/mol. The Bertz CT molecular complexity index is 245. The van der Waals surface area contributed by atoms with Crippen LogP contribution >= 0.6 is 0 Å². The van der Waals surface area contributed by atoms with E-state index >= 15 is 0 Å². The lowest BCUT2D eigenvalue weighted by Gasteiger charge is -2.35. The number of hydrogen-bond acceptors (Lipinski definition) is 3. The molecule has 0 aromatic heterocycles. The molecule has 1 amide bonds. The van der Waals surface area contributed by atoms with Crippen LogP contribution < -0.4 is 11.1 Å². The summed E-state index contributed by atoms with van der Waals surface area (Å²) in [6.07, 6.45) is 3.16. The molecule has 0 aliphatic carbocycles. The Morgan fingerprint density at radius 3 is 2.39 bits per heavy atom. The molecule has 108 valence electrons. The Morgan fingerprint density at radius 2 is 2.00 bits per heavy atom. The SMILES string of the molecule is CCCCN(CC)C(C)CC(C)(NCC)C(N)=O. The van der Waals surface area contributed by atoms with Crippen molar-refractivity contribution in [3.8, 4) is 0 Å². The lowest BCUT2D eigenvalue weighted by molar-refractivity contribution is -0.124. The molecule has 0 spiro atoms. The Balaban J connectivity index is 4.55. The molecule has 0 aromatic carbocycles. The molecule has 0 radical (unpaired) electrons. The molecule has 0 aliphatic heterocycles. The average Bonchev–Trinajstić information content (AvgIpc) is 2.30. The maximum atomic E-state index is 11.6. The predicted molar refractivity (Wildman–Crippen MR) is 77.5 cm³/mol. The summed E-state index contributed by atoms with van der Waals surface area (Å²) < 4.78 is 0. The highest BCUT2D eigenvalue weighted by Gasteiger charge is 2.33. The number of hydrogen-bond donors (Lipinski definition) is 2. The zero-order valence-corrected chi connectivity index (χ0v) is 12.8. The van der Waals surface area contributed by atoms with Crippen LogP contribution in [0.1, 0.15) is 53.9 Å². The first-order valence-corrected chi connectivity index (χ1v) is 7.20. The quantitative estimate of drug-likeness (QED) is 0.627. The van der Waals surface area contributed by atoms with E-state index < -0.39 is 5.54 Å². The lowest BCUT2D eigenvalue weighted by atomic mass is 9.92. The van der Waals surface area contributed by atoms with Gasteiger partial charge in [-0.3, -0.25) is 4.79 Å². The molecule has 18 heavy (non-hydrogen) atoms. The number of nitrogens with one attached hydrogen (secondary N) is 1. The Hall–Kier alpha value is -0.610. The summed E-state index contributed by atoms with van der Waals surface area (Å²) in [6.45, 7) is 13.3. The van der Waals surface area contributed by atoms with Crippen molar-refractivity contribution < 1.29 is 4.79 Å². The van der Waals surface area contributed by atoms with E-state index in [1.807, 2.05) is 13.8 Å². The van der Waals surface area contributed by atoms with Gasteiger partial charge in [0.05, 0.1) is 5.54 Å². The number of amides is 1. The highest BCUT2D eigenvalue weighted by molar-refractivity contribution is 5.84. The second-order valence-corrected chi connectivity index (χ2v) is 5.26. The van der Waals surface area contributed by atoms with Gasteiger partial charge in [-0.1, -0.05) is 27.2 Å². The van der Waals surface area contributed by atoms with Crippen LogP contribution in [0.25, 0.3) is 0 Å². The van der Waals surface area contributed by atoms with E-state index in [4.69, 9.17) is 5.73 Å². The van der Waals surface area contributed by atoms with E-state index in [2.05, 4.69) is 31.0 Å². The standard InChI is InChI=1S/C14H31N3O/c1-6-9-10-17(8-3)12(4)11-14(5,13(15)18)16-7-2/h12,16H,6-11H2,1-5H3,(H2,15,18). The fourth-order valence-electron chi connectivity index (χ4n) is 2.42. The van der Waals surface area contributed by atoms with Crippen molar-refractivity contribution in [2.75, 3.05) is 19.6 Å². The maximum absolute atomic E-state index is 11.6. The van der Waals surface area contributed by atoms with E-state index in [0.29, 0.717) is 6.04 Å². The van der Waals surface area contributed by atoms with Gasteiger partial charge >= 0.3 is 0 Å². The third-order valence-electron chi connectivity index (χ3n) is 3.64. The molecule has 0 aromatic rings. The number of likely N-dealkylation sites (N-methyl/N-ethyl adjacent to an activating group) is 1. The number of carbonyl (C=O) groups is 1. The average molecular weight is 257 g/mol. The number of primary amides is 1. The molecular formula is C14H31N3O. The number of unbranched alkanes of at least 4 members (excludes halogenated alkanes) is 1. The molecule has 2 unspecified atom stereocenters. The molecular weight excluding hydrogens is 226 g/mol. The van der Waals surface area contributed by atoms with Gasteiger partial charge in [-0.2, -0.15) is 0 Å². The molecule has 0 saturated carbocycles. The second kappa shape index (κ2) is 8.48. The van der Waals surface area contributed by atoms with Crippen molar-refractivity contribution in [1.29, 1.82) is 0 Å². The van der Waals surface area contributed by atoms with Crippen LogP contribution in [0.3, 0.4) is 0 Å². The van der Waals surface area contributed by atoms with Crippen molar-refractivity contribution in [3.05, 3.63) is 0 Å². The van der Waals surface area contributed by atoms with Crippen molar-refractivity contribution in [3.63, 3.8) is 0 Å². The lowest BCUT2D eigenvalue weighted by Crippen LogP contribution is -2.56. The topological polar surface area (TPSA) is 58.4 Å². The van der Waals surface area contributed by atoms with Gasteiger partial charge in [0, 0.05) is 6.04 Å². The Labute approximate surface area is 112 Å². The predicted octanol–water partition coefficient (Wildman–Crippen LogP) is 1.74. The van der Waals surface area contributed by atoms with Gasteiger partial charge in [-0.15, -0.1) is 0 Å². The van der Waals surface area contributed by atoms with Crippen molar-refractivity contribution >= 4 is 5.91 Å². The van der Waals surface area contributed by atoms with E-state index in [9.17, 15) is 4.79 Å². The minimum atomic E-state index is -0.603. The smallest absolute Gasteiger partial charge is 0.237 e. The first-order chi connectivity index (χ1) is 8.41. The van der Waals surface area contributed by atoms with Gasteiger partial charge in [-0.05, 0) is 46.3 Å². The Kier molecular flexibility index (Phi) is 8.20. The normalized spacial score (nSPS) is 16.6. The molecule has 0 heterocycles. The number of carbonyl (C=O) groups excluding carboxylic acids is 1. The van der Waals surface area contributed by atoms with Crippen molar-refractivity contribution in [2.24, 2.45) is 5.73 Å². The molecule has 4 heteroatoms. The summed E-state index contributed by atoms with van der Waals surface area (Å²) in [7, 11) is 0. The molecule has 4 nitrogen and oxygen atoms in total. The van der Waals surface area contributed by atoms with Crippen LogP contribution in [-0.2, 0) is 4.79 Å². The number of nitrogens with zero attached hydrogens (tertiary/aromatic N) is 1. The molecule has 2 atom stereocenters. The third kappa shape index (κ3) is 5.36. The number of nitrogens with two attached hydrogens (primary N) is 1. The van der Waals surface area contributed by atoms with E-state index in [0.717, 1.165) is 26.1 Å². The highest BCUT2D eigenvalue weighted by atomic mass is 16.1. The fourth-order valence-corrected chi connectivity index (χ4v) is 2.42. The van der Waals surface area contributed by atoms with Gasteiger partial charge in [0.2, 0.25) is 5.91 Å². The summed E-state index contributed by atoms with van der Waals surface area (Å²) in [6, 6.07) is 0.359. The van der Waals surface area contributed by atoms with Crippen LogP contribution in [0.5, 0.6) is 0 Å². The van der Waals surface area contributed by atoms with Crippen LogP contribution in [0, 0.1) is 0 Å². The minimum Gasteiger partial charge on any atom is -0.368 e. The highest BCUT2D eigenvalue weighted by Crippen LogP contribution is 2.16. The largest absolute Gasteiger partial charge is 0.368 e. The zero-order valence-electron chi connectivity index (χ0n) is 12.8. The minimum absolute atomic E-state index is 0.261. The van der Waals surface area contributed by atoms with Crippen LogP contribution in [0.4, 0.5) is 0 Å². The summed E-state index contributed by atoms with van der Waals surface area (Å²) in [5, 5.41) is 3.22. The van der Waals surface area contributed by atoms with Crippen molar-refractivity contribution in [2.45, 2.75) is 65.5 Å². The van der Waals surface area contributed by atoms with Gasteiger partial charge in [0.1, 0.15) is 0 Å². The summed E-state index contributed by atoms with van der Waals surface area (Å²) in [4.78, 5) is 14.0. The van der Waals surface area contributed by atoms with Crippen LogP contribution in [-0.4, -0.2) is 42.0 Å². The zero-order chi connectivity index (χ0) is 14.2. The van der Waals surface area contributed by atoms with Crippen molar-refractivity contribution in [1.82, 2.24) is 10.2 Å². The molecule has 0 bridgehead atoms. The Morgan fingerprint density at radius 1 is 1.39 bits per heavy atom. The summed E-state index contributed by atoms with van der Waals surface area (Å²) >= 11 is 0. The molecule has 0 saturated heterocycles. The number of rotatable bonds is 10. The van der Waals surface area contributed by atoms with Crippen LogP contribution in [0.2, 0.25) is 0 Å².